The lowest BCUT2D eigenvalue weighted by atomic mass is 10.2. The molecule has 2 rings (SSSR count). The lowest BCUT2D eigenvalue weighted by Crippen LogP contribution is -2.51. The van der Waals surface area contributed by atoms with E-state index in [-0.39, 0.29) is 41.9 Å². The molecule has 1 saturated heterocycles. The number of aliphatic imine (C=N–C) groups is 1. The molecule has 1 heterocycles. The Morgan fingerprint density at radius 3 is 2.35 bits per heavy atom. The van der Waals surface area contributed by atoms with E-state index in [1.54, 1.807) is 9.80 Å². The van der Waals surface area contributed by atoms with Gasteiger partial charge < -0.3 is 19.6 Å². The molecule has 8 heteroatoms. The van der Waals surface area contributed by atoms with Crippen LogP contribution in [0.3, 0.4) is 0 Å². The van der Waals surface area contributed by atoms with Crippen LogP contribution >= 0.6 is 0 Å². The van der Waals surface area contributed by atoms with E-state index < -0.39 is 0 Å². The highest BCUT2D eigenvalue weighted by atomic mass is 32.2. The largest absolute Gasteiger partial charge is 0.859 e. The summed E-state index contributed by atoms with van der Waals surface area (Å²) < 4.78 is 5.30. The van der Waals surface area contributed by atoms with Crippen LogP contribution < -0.4 is 5.11 Å². The average molecular weight is 379 g/mol. The van der Waals surface area contributed by atoms with Crippen LogP contribution in [0.4, 0.5) is 4.79 Å². The van der Waals surface area contributed by atoms with E-state index in [0.717, 1.165) is 5.56 Å². The molecule has 0 N–H and O–H groups in total. The van der Waals surface area contributed by atoms with Gasteiger partial charge in [0, 0.05) is 32.1 Å². The minimum Gasteiger partial charge on any atom is -0.859 e. The lowest BCUT2D eigenvalue weighted by Gasteiger charge is -2.34. The zero-order valence-corrected chi connectivity index (χ0v) is 16.0. The molecule has 0 spiro atoms. The highest BCUT2D eigenvalue weighted by molar-refractivity contribution is 7.96. The van der Waals surface area contributed by atoms with E-state index in [9.17, 15) is 14.7 Å². The first-order chi connectivity index (χ1) is 12.5. The van der Waals surface area contributed by atoms with Gasteiger partial charge in [-0.05, 0) is 16.5 Å². The molecule has 2 amide bonds. The number of nitrogens with zero attached hydrogens (tertiary/aromatic N) is 3. The summed E-state index contributed by atoms with van der Waals surface area (Å²) in [5, 5.41) is 11.6. The fourth-order valence-electron chi connectivity index (χ4n) is 2.50. The van der Waals surface area contributed by atoms with Crippen LogP contribution in [0.15, 0.2) is 35.3 Å². The van der Waals surface area contributed by atoms with Crippen LogP contribution in [-0.2, 0) is 27.0 Å². The monoisotopic (exact) mass is 379 g/mol. The van der Waals surface area contributed by atoms with E-state index in [1.807, 2.05) is 42.8 Å². The van der Waals surface area contributed by atoms with Gasteiger partial charge in [0.2, 0.25) is 5.91 Å². The van der Waals surface area contributed by atoms with Crippen molar-refractivity contribution in [1.82, 2.24) is 9.80 Å². The van der Waals surface area contributed by atoms with Gasteiger partial charge >= 0.3 is 6.09 Å². The molecule has 1 aliphatic rings. The Morgan fingerprint density at radius 2 is 1.73 bits per heavy atom. The Balaban J connectivity index is 1.72. The Hall–Kier alpha value is -2.22. The Morgan fingerprint density at radius 1 is 1.12 bits per heavy atom. The molecule has 1 aromatic rings. The number of benzene rings is 1. The molecule has 1 fully saturated rings. The number of piperazine rings is 1. The van der Waals surface area contributed by atoms with Crippen LogP contribution in [0, 0.1) is 0 Å². The summed E-state index contributed by atoms with van der Waals surface area (Å²) in [6.07, 6.45) is 3.55. The number of hydrogen-bond donors (Lipinski definition) is 0. The molecule has 0 bridgehead atoms. The van der Waals surface area contributed by atoms with Gasteiger partial charge in [-0.15, -0.1) is 0 Å². The molecule has 0 aliphatic carbocycles. The lowest BCUT2D eigenvalue weighted by molar-refractivity contribution is -0.215. The van der Waals surface area contributed by atoms with Gasteiger partial charge in [-0.1, -0.05) is 30.3 Å². The highest BCUT2D eigenvalue weighted by Gasteiger charge is 2.24. The van der Waals surface area contributed by atoms with Crippen molar-refractivity contribution in [1.29, 1.82) is 0 Å². The van der Waals surface area contributed by atoms with Crippen LogP contribution in [0.1, 0.15) is 5.56 Å². The van der Waals surface area contributed by atoms with Gasteiger partial charge in [-0.3, -0.25) is 9.79 Å². The fourth-order valence-corrected chi connectivity index (χ4v) is 3.08. The van der Waals surface area contributed by atoms with Crippen molar-refractivity contribution in [3.8, 4) is 0 Å². The topological polar surface area (TPSA) is 85.3 Å². The van der Waals surface area contributed by atoms with Crippen molar-refractivity contribution in [2.75, 3.05) is 51.0 Å². The molecule has 7 nitrogen and oxygen atoms in total. The highest BCUT2D eigenvalue weighted by Crippen LogP contribution is 2.07. The smallest absolute Gasteiger partial charge is 0.410 e. The Bertz CT molecular complexity index is 629. The van der Waals surface area contributed by atoms with Crippen molar-refractivity contribution in [3.63, 3.8) is 0 Å². The molecular weight excluding hydrogens is 354 g/mol. The maximum Gasteiger partial charge on any atom is 0.410 e. The molecule has 1 aromatic carbocycles. The second-order valence-corrected chi connectivity index (χ2v) is 8.51. The van der Waals surface area contributed by atoms with Crippen molar-refractivity contribution in [2.45, 2.75) is 6.61 Å². The van der Waals surface area contributed by atoms with Crippen molar-refractivity contribution < 1.29 is 19.4 Å². The van der Waals surface area contributed by atoms with Gasteiger partial charge in [0.25, 0.3) is 0 Å². The third-order valence-electron chi connectivity index (χ3n) is 3.90. The number of carbonyl (C=O) groups is 2. The molecule has 0 unspecified atom stereocenters. The summed E-state index contributed by atoms with van der Waals surface area (Å²) in [6.45, 7) is 1.80. The minimum absolute atomic E-state index is 0.0175. The summed E-state index contributed by atoms with van der Waals surface area (Å²) in [4.78, 5) is 31.3. The first-order valence-corrected chi connectivity index (χ1v) is 10.6. The summed E-state index contributed by atoms with van der Waals surface area (Å²) in [5.41, 5.74) is 0.933. The summed E-state index contributed by atoms with van der Waals surface area (Å²) in [7, 11) is -0.0175. The van der Waals surface area contributed by atoms with E-state index in [2.05, 4.69) is 4.99 Å². The Kier molecular flexibility index (Phi) is 7.77. The molecule has 0 aromatic heterocycles. The predicted molar refractivity (Wildman–Crippen MR) is 101 cm³/mol. The Labute approximate surface area is 157 Å². The zero-order chi connectivity index (χ0) is 18.9. The van der Waals surface area contributed by atoms with Gasteiger partial charge in [0.1, 0.15) is 18.9 Å². The standard InChI is InChI=1S/C18H25N3O4S/c1-26(2)14-16(22)19-12-17(23)20-8-10-21(11-9-20)18(24)25-13-15-6-4-3-5-7-15/h3-7H,8-14H2,1-2H3. The predicted octanol–water partition coefficient (Wildman–Crippen LogP) is 0.104. The second-order valence-electron chi connectivity index (χ2n) is 6.25. The van der Waals surface area contributed by atoms with Crippen LogP contribution in [0.2, 0.25) is 0 Å². The SMILES string of the molecule is C[S+](C)CC([O-])=NCC(=O)N1CCN(C(=O)OCc2ccccc2)CC1. The van der Waals surface area contributed by atoms with E-state index in [4.69, 9.17) is 4.74 Å². The third kappa shape index (κ3) is 6.59. The number of amides is 2. The molecule has 0 radical (unpaired) electrons. The molecule has 142 valence electrons. The first kappa shape index (κ1) is 20.1. The quantitative estimate of drug-likeness (QED) is 0.399. The van der Waals surface area contributed by atoms with Crippen molar-refractivity contribution >= 4 is 28.8 Å². The normalized spacial score (nSPS) is 15.3. The first-order valence-electron chi connectivity index (χ1n) is 8.43. The minimum atomic E-state index is -0.376. The number of rotatable bonds is 6. The number of carbonyl (C=O) groups excluding carboxylic acids is 2. The van der Waals surface area contributed by atoms with Gasteiger partial charge in [0.15, 0.2) is 0 Å². The fraction of sp³-hybridized carbons (Fsp3) is 0.500. The van der Waals surface area contributed by atoms with Crippen LogP contribution in [0.5, 0.6) is 0 Å². The summed E-state index contributed by atoms with van der Waals surface area (Å²) >= 11 is 0. The summed E-state index contributed by atoms with van der Waals surface area (Å²) in [5.74, 6) is -0.0218. The number of ether oxygens (including phenoxy) is 1. The van der Waals surface area contributed by atoms with E-state index in [0.29, 0.717) is 31.9 Å². The molecule has 26 heavy (non-hydrogen) atoms. The zero-order valence-electron chi connectivity index (χ0n) is 15.2. The van der Waals surface area contributed by atoms with Gasteiger partial charge in [-0.25, -0.2) is 4.79 Å². The maximum absolute atomic E-state index is 12.1. The molecule has 1 aliphatic heterocycles. The second kappa shape index (κ2) is 10.1. The van der Waals surface area contributed by atoms with Crippen molar-refractivity contribution in [3.05, 3.63) is 35.9 Å². The van der Waals surface area contributed by atoms with Crippen LogP contribution in [0.25, 0.3) is 0 Å². The maximum atomic E-state index is 12.1. The van der Waals surface area contributed by atoms with E-state index in [1.165, 1.54) is 0 Å². The van der Waals surface area contributed by atoms with Crippen LogP contribution in [-0.4, -0.2) is 78.7 Å². The van der Waals surface area contributed by atoms with Gasteiger partial charge in [0.05, 0.1) is 12.5 Å². The molecule has 0 saturated carbocycles. The third-order valence-corrected chi connectivity index (χ3v) is 4.72. The molecule has 0 atom stereocenters. The molecular formula is C18H25N3O4S. The number of hydrogen-bond acceptors (Lipinski definition) is 5. The van der Waals surface area contributed by atoms with E-state index >= 15 is 0 Å². The average Bonchev–Trinajstić information content (AvgIpc) is 2.64. The van der Waals surface area contributed by atoms with Crippen molar-refractivity contribution in [2.24, 2.45) is 4.99 Å². The van der Waals surface area contributed by atoms with Gasteiger partial charge in [-0.2, -0.15) is 0 Å². The summed E-state index contributed by atoms with van der Waals surface area (Å²) in [6, 6.07) is 9.49.